The van der Waals surface area contributed by atoms with E-state index < -0.39 is 210 Å². The summed E-state index contributed by atoms with van der Waals surface area (Å²) in [5.41, 5.74) is -0.627. The van der Waals surface area contributed by atoms with Gasteiger partial charge in [0.05, 0.1) is 69.8 Å². The molecule has 0 aromatic heterocycles. The molecule has 1 amide bonds. The Balaban J connectivity index is 1.05. The molecule has 17 N–H and O–H groups in total. The van der Waals surface area contributed by atoms with E-state index in [1.54, 1.807) is 0 Å². The van der Waals surface area contributed by atoms with Gasteiger partial charge in [-0.3, -0.25) is 10.1 Å². The third kappa shape index (κ3) is 12.5. The van der Waals surface area contributed by atoms with Crippen LogP contribution in [-0.4, -0.2) is 293 Å². The third-order valence-corrected chi connectivity index (χ3v) is 12.8. The molecule has 5 aliphatic rings. The maximum absolute atomic E-state index is 12.9. The van der Waals surface area contributed by atoms with Crippen molar-refractivity contribution in [1.82, 2.24) is 5.32 Å². The highest BCUT2D eigenvalue weighted by atomic mass is 16.8. The van der Waals surface area contributed by atoms with Crippen LogP contribution >= 0.6 is 0 Å². The van der Waals surface area contributed by atoms with Crippen molar-refractivity contribution in [2.45, 2.75) is 160 Å². The number of nitrogens with zero attached hydrogens (tertiary/aromatic N) is 1. The van der Waals surface area contributed by atoms with E-state index in [1.165, 1.54) is 20.3 Å². The SMILES string of the molecule is COc1cc(COC(=O)N[C@@H]2C(CO)O[C@H](O[C@@H]3C(CO)O[C@H](O[C@@H]4C(CO)O[C@H](O[C@@H]5C(CO)O[C@H](O[C@@H]6C(CO)OC(O)C(O)[C@H]6O)C(O)[C@H]5O)C(O)[C@H]4O)C(O)[C@H]3O)C(O)[C@H]2O)c([N+](=O)[O-])cc1OC. The number of hydrogen-bond acceptors (Lipinski definition) is 31. The van der Waals surface area contributed by atoms with Crippen LogP contribution < -0.4 is 14.8 Å². The van der Waals surface area contributed by atoms with Crippen LogP contribution in [0.4, 0.5) is 10.5 Å². The molecular weight excluding hydrogens is 1000 g/mol. The van der Waals surface area contributed by atoms with Gasteiger partial charge in [0.15, 0.2) is 42.9 Å². The fourth-order valence-corrected chi connectivity index (χ4v) is 8.75. The molecule has 11 unspecified atom stereocenters. The first-order valence-corrected chi connectivity index (χ1v) is 22.4. The summed E-state index contributed by atoms with van der Waals surface area (Å²) in [4.78, 5) is 23.8. The fourth-order valence-electron chi connectivity index (χ4n) is 8.75. The van der Waals surface area contributed by atoms with Gasteiger partial charge in [-0.1, -0.05) is 0 Å². The monoisotopic (exact) mass is 1070 g/mol. The van der Waals surface area contributed by atoms with Crippen LogP contribution in [0.5, 0.6) is 11.5 Å². The van der Waals surface area contributed by atoms with Gasteiger partial charge in [-0.05, 0) is 6.07 Å². The number of methoxy groups -OCH3 is 2. The van der Waals surface area contributed by atoms with Crippen molar-refractivity contribution < 1.29 is 148 Å². The van der Waals surface area contributed by atoms with Gasteiger partial charge in [-0.15, -0.1) is 0 Å². The predicted molar refractivity (Wildman–Crippen MR) is 224 cm³/mol. The van der Waals surface area contributed by atoms with E-state index in [4.69, 9.17) is 56.8 Å². The highest BCUT2D eigenvalue weighted by Gasteiger charge is 2.56. The highest BCUT2D eigenvalue weighted by molar-refractivity contribution is 5.68. The smallest absolute Gasteiger partial charge is 0.407 e. The van der Waals surface area contributed by atoms with Crippen LogP contribution in [0.2, 0.25) is 0 Å². The number of carbonyl (C=O) groups is 1. The normalized spacial score (nSPS) is 43.2. The van der Waals surface area contributed by atoms with E-state index in [9.17, 15) is 96.6 Å². The van der Waals surface area contributed by atoms with Gasteiger partial charge in [0.2, 0.25) is 0 Å². The number of aliphatic hydroxyl groups excluding tert-OH is 16. The van der Waals surface area contributed by atoms with Crippen molar-refractivity contribution in [3.8, 4) is 11.5 Å². The van der Waals surface area contributed by atoms with Crippen molar-refractivity contribution in [3.05, 3.63) is 27.8 Å². The Bertz CT molecular complexity index is 1940. The third-order valence-electron chi connectivity index (χ3n) is 12.8. The summed E-state index contributed by atoms with van der Waals surface area (Å²) in [6.45, 7) is -5.57. The number of amides is 1. The van der Waals surface area contributed by atoms with Crippen LogP contribution in [0.25, 0.3) is 0 Å². The molecule has 0 saturated carbocycles. The van der Waals surface area contributed by atoms with Crippen molar-refractivity contribution in [1.29, 1.82) is 0 Å². The van der Waals surface area contributed by atoms with Gasteiger partial charge < -0.3 is 144 Å². The molecule has 418 valence electrons. The Morgan fingerprint density at radius 3 is 1.23 bits per heavy atom. The maximum atomic E-state index is 12.9. The second kappa shape index (κ2) is 25.6. The molecule has 5 fully saturated rings. The zero-order chi connectivity index (χ0) is 53.7. The number of alkyl carbamates (subject to hydrolysis) is 1. The molecule has 1 aromatic rings. The molecule has 33 heteroatoms. The number of nitro benzene ring substituents is 1. The molecular formula is C40H62N2O31. The molecule has 0 bridgehead atoms. The summed E-state index contributed by atoms with van der Waals surface area (Å²) in [7, 11) is 2.51. The van der Waals surface area contributed by atoms with Crippen LogP contribution in [0, 0.1) is 10.1 Å². The van der Waals surface area contributed by atoms with E-state index in [2.05, 4.69) is 5.32 Å². The maximum Gasteiger partial charge on any atom is 0.407 e. The van der Waals surface area contributed by atoms with Crippen molar-refractivity contribution in [3.63, 3.8) is 0 Å². The minimum absolute atomic E-state index is 0.0132. The zero-order valence-corrected chi connectivity index (χ0v) is 38.6. The second-order valence-corrected chi connectivity index (χ2v) is 17.3. The number of benzene rings is 1. The summed E-state index contributed by atoms with van der Waals surface area (Å²) in [6, 6.07) is 0.594. The molecule has 5 aliphatic heterocycles. The molecule has 0 spiro atoms. The van der Waals surface area contributed by atoms with Crippen molar-refractivity contribution in [2.24, 2.45) is 0 Å². The lowest BCUT2D eigenvalue weighted by atomic mass is 9.95. The molecule has 6 rings (SSSR count). The standard InChI is InChI=1S/C40H62N2O31/c1-62-13-3-11(12(42(60)61)4-14(13)63-2)10-64-40(59)41-20-15(5-43)66-36(27(54)21(20)48)71-32-17(7-45)68-38(29(56)23(32)50)73-34-19(9-47)69-39(30(57)25(34)52)72-33-18(8-46)67-37(28(55)24(33)51)70-31-16(6-44)65-35(58)26(53)22(31)49/h3-4,15-39,43-58H,5-10H2,1-2H3,(H,41,59)/t15?,16?,17?,18?,19?,20-,21+,22-,23-,24-,25-,26?,27?,28?,29?,30?,31-,32-,33-,34-,35?,36-,37-,38-,39-/m1/s1. The summed E-state index contributed by atoms with van der Waals surface area (Å²) in [6.07, 6.45) is -47.3. The number of carbonyl (C=O) groups excluding carboxylic acids is 1. The van der Waals surface area contributed by atoms with Crippen LogP contribution in [0.3, 0.4) is 0 Å². The Labute approximate surface area is 411 Å². The van der Waals surface area contributed by atoms with Crippen LogP contribution in [0.15, 0.2) is 12.1 Å². The Morgan fingerprint density at radius 2 is 0.863 bits per heavy atom. The molecule has 5 saturated heterocycles. The molecule has 73 heavy (non-hydrogen) atoms. The van der Waals surface area contributed by atoms with Gasteiger partial charge in [0.1, 0.15) is 123 Å². The number of aliphatic hydroxyl groups is 16. The van der Waals surface area contributed by atoms with Crippen molar-refractivity contribution >= 4 is 11.8 Å². The largest absolute Gasteiger partial charge is 0.493 e. The lowest BCUT2D eigenvalue weighted by Crippen LogP contribution is -2.68. The fraction of sp³-hybridized carbons (Fsp3) is 0.825. The first kappa shape index (κ1) is 58.7. The van der Waals surface area contributed by atoms with E-state index >= 15 is 0 Å². The lowest BCUT2D eigenvalue weighted by molar-refractivity contribution is -0.392. The summed E-state index contributed by atoms with van der Waals surface area (Å²) in [5.74, 6) is 0.0836. The first-order valence-electron chi connectivity index (χ1n) is 22.4. The number of ether oxygens (including phenoxy) is 12. The highest BCUT2D eigenvalue weighted by Crippen LogP contribution is 2.37. The van der Waals surface area contributed by atoms with Crippen LogP contribution in [-0.2, 0) is 54.0 Å². The van der Waals surface area contributed by atoms with Crippen LogP contribution in [0.1, 0.15) is 5.56 Å². The van der Waals surface area contributed by atoms with Crippen molar-refractivity contribution in [2.75, 3.05) is 47.3 Å². The van der Waals surface area contributed by atoms with E-state index in [0.29, 0.717) is 0 Å². The Kier molecular flexibility index (Phi) is 20.6. The Hall–Kier alpha value is -3.51. The predicted octanol–water partition coefficient (Wildman–Crippen LogP) is -10.1. The Morgan fingerprint density at radius 1 is 0.521 bits per heavy atom. The van der Waals surface area contributed by atoms with E-state index in [0.717, 1.165) is 6.07 Å². The summed E-state index contributed by atoms with van der Waals surface area (Å²) < 4.78 is 65.2. The number of nitrogens with one attached hydrogen (secondary N) is 1. The molecule has 0 radical (unpaired) electrons. The topological polar surface area (TPSA) is 507 Å². The van der Waals surface area contributed by atoms with E-state index in [1.807, 2.05) is 0 Å². The van der Waals surface area contributed by atoms with Gasteiger partial charge in [-0.2, -0.15) is 0 Å². The number of rotatable bonds is 19. The average Bonchev–Trinajstić information content (AvgIpc) is 3.38. The lowest BCUT2D eigenvalue weighted by Gasteiger charge is -2.49. The minimum atomic E-state index is -2.19. The van der Waals surface area contributed by atoms with E-state index in [-0.39, 0.29) is 17.1 Å². The van der Waals surface area contributed by atoms with Gasteiger partial charge >= 0.3 is 6.09 Å². The van der Waals surface area contributed by atoms with Gasteiger partial charge in [-0.25, -0.2) is 4.79 Å². The number of hydrogen-bond donors (Lipinski definition) is 17. The average molecular weight is 1070 g/mol. The first-order chi connectivity index (χ1) is 34.7. The minimum Gasteiger partial charge on any atom is -0.493 e. The molecule has 33 nitrogen and oxygen atoms in total. The molecule has 1 aromatic carbocycles. The van der Waals surface area contributed by atoms with Gasteiger partial charge in [0, 0.05) is 0 Å². The second-order valence-electron chi connectivity index (χ2n) is 17.3. The quantitative estimate of drug-likeness (QED) is 0.0452. The number of nitro groups is 1. The molecule has 0 aliphatic carbocycles. The zero-order valence-electron chi connectivity index (χ0n) is 38.6. The molecule has 25 atom stereocenters. The van der Waals surface area contributed by atoms with Gasteiger partial charge in [0.25, 0.3) is 5.69 Å². The summed E-state index contributed by atoms with van der Waals surface area (Å²) in [5, 5.41) is 184. The summed E-state index contributed by atoms with van der Waals surface area (Å²) >= 11 is 0. The molecule has 5 heterocycles.